The van der Waals surface area contributed by atoms with Crippen molar-refractivity contribution in [3.8, 4) is 11.5 Å². The number of nitrogens with zero attached hydrogens (tertiary/aromatic N) is 4. The highest BCUT2D eigenvalue weighted by atomic mass is 35.5. The van der Waals surface area contributed by atoms with Gasteiger partial charge in [0.1, 0.15) is 5.69 Å². The van der Waals surface area contributed by atoms with E-state index in [1.54, 1.807) is 29.0 Å². The minimum absolute atomic E-state index is 0.175. The molecule has 2 aromatic heterocycles. The smallest absolute Gasteiger partial charge is 0.234 e. The highest BCUT2D eigenvalue weighted by Gasteiger charge is 2.13. The van der Waals surface area contributed by atoms with Crippen LogP contribution >= 0.6 is 35.0 Å². The molecule has 0 aliphatic heterocycles. The Labute approximate surface area is 158 Å². The average Bonchev–Trinajstić information content (AvgIpc) is 2.98. The monoisotopic (exact) mass is 393 g/mol. The number of hydrogen-bond acceptors (Lipinski definition) is 5. The van der Waals surface area contributed by atoms with E-state index in [4.69, 9.17) is 23.2 Å². The van der Waals surface area contributed by atoms with Gasteiger partial charge in [0.25, 0.3) is 0 Å². The molecule has 0 saturated carbocycles. The van der Waals surface area contributed by atoms with Gasteiger partial charge in [-0.05, 0) is 30.3 Å². The van der Waals surface area contributed by atoms with Crippen LogP contribution in [-0.4, -0.2) is 31.4 Å². The van der Waals surface area contributed by atoms with Crippen LogP contribution in [0.1, 0.15) is 0 Å². The molecule has 3 rings (SSSR count). The first-order chi connectivity index (χ1) is 12.0. The second-order valence-corrected chi connectivity index (χ2v) is 6.80. The number of rotatable bonds is 5. The molecule has 0 aliphatic rings. The van der Waals surface area contributed by atoms with Crippen LogP contribution in [0.4, 0.5) is 5.69 Å². The Hall–Kier alpha value is -2.09. The highest BCUT2D eigenvalue weighted by Crippen LogP contribution is 2.25. The van der Waals surface area contributed by atoms with Crippen molar-refractivity contribution in [3.05, 3.63) is 52.6 Å². The molecule has 9 heteroatoms. The number of amides is 1. The molecule has 1 N–H and O–H groups in total. The molecule has 1 amide bonds. The van der Waals surface area contributed by atoms with Crippen molar-refractivity contribution in [1.82, 2.24) is 19.7 Å². The maximum Gasteiger partial charge on any atom is 0.234 e. The summed E-state index contributed by atoms with van der Waals surface area (Å²) in [6.45, 7) is 0. The summed E-state index contributed by atoms with van der Waals surface area (Å²) < 4.78 is 1.80. The minimum Gasteiger partial charge on any atom is -0.325 e. The molecule has 0 saturated heterocycles. The normalized spacial score (nSPS) is 10.7. The van der Waals surface area contributed by atoms with Gasteiger partial charge in [-0.3, -0.25) is 9.78 Å². The molecule has 0 fully saturated rings. The summed E-state index contributed by atoms with van der Waals surface area (Å²) in [5.41, 5.74) is 1.32. The van der Waals surface area contributed by atoms with Crippen molar-refractivity contribution in [2.75, 3.05) is 11.1 Å². The second-order valence-electron chi connectivity index (χ2n) is 5.05. The van der Waals surface area contributed by atoms with Crippen molar-refractivity contribution in [3.63, 3.8) is 0 Å². The number of aromatic nitrogens is 4. The summed E-state index contributed by atoms with van der Waals surface area (Å²) in [6.07, 6.45) is 1.70. The predicted molar refractivity (Wildman–Crippen MR) is 100 cm³/mol. The summed E-state index contributed by atoms with van der Waals surface area (Å²) in [4.78, 5) is 16.3. The largest absolute Gasteiger partial charge is 0.325 e. The van der Waals surface area contributed by atoms with Crippen LogP contribution in [0.15, 0.2) is 47.8 Å². The Balaban J connectivity index is 1.63. The van der Waals surface area contributed by atoms with E-state index >= 15 is 0 Å². The van der Waals surface area contributed by atoms with Gasteiger partial charge in [0.05, 0.1) is 15.8 Å². The van der Waals surface area contributed by atoms with Crippen molar-refractivity contribution in [2.45, 2.75) is 5.16 Å². The van der Waals surface area contributed by atoms with E-state index in [-0.39, 0.29) is 11.7 Å². The lowest BCUT2D eigenvalue weighted by molar-refractivity contribution is -0.113. The summed E-state index contributed by atoms with van der Waals surface area (Å²) in [5.74, 6) is 0.660. The van der Waals surface area contributed by atoms with Crippen molar-refractivity contribution >= 4 is 46.6 Å². The Morgan fingerprint density at radius 2 is 2.04 bits per heavy atom. The third-order valence-electron chi connectivity index (χ3n) is 3.26. The maximum atomic E-state index is 12.1. The molecule has 2 heterocycles. The zero-order valence-electron chi connectivity index (χ0n) is 13.1. The molecule has 6 nitrogen and oxygen atoms in total. The van der Waals surface area contributed by atoms with Gasteiger partial charge in [-0.15, -0.1) is 10.2 Å². The van der Waals surface area contributed by atoms with Crippen molar-refractivity contribution in [1.29, 1.82) is 0 Å². The molecule has 1 aromatic carbocycles. The molecule has 0 spiro atoms. The quantitative estimate of drug-likeness (QED) is 0.665. The van der Waals surface area contributed by atoms with Crippen LogP contribution in [0, 0.1) is 0 Å². The number of benzene rings is 1. The van der Waals surface area contributed by atoms with Gasteiger partial charge in [-0.25, -0.2) is 0 Å². The maximum absolute atomic E-state index is 12.1. The number of carbonyl (C=O) groups is 1. The molecule has 128 valence electrons. The molecule has 0 unspecified atom stereocenters. The van der Waals surface area contributed by atoms with Crippen LogP contribution in [0.2, 0.25) is 10.0 Å². The number of anilines is 1. The minimum atomic E-state index is -0.175. The lowest BCUT2D eigenvalue weighted by Gasteiger charge is -2.06. The first kappa shape index (κ1) is 17.7. The molecule has 25 heavy (non-hydrogen) atoms. The van der Waals surface area contributed by atoms with E-state index in [0.29, 0.717) is 26.7 Å². The summed E-state index contributed by atoms with van der Waals surface area (Å²) >= 11 is 13.1. The first-order valence-electron chi connectivity index (χ1n) is 7.23. The van der Waals surface area contributed by atoms with Crippen molar-refractivity contribution < 1.29 is 4.79 Å². The number of hydrogen-bond donors (Lipinski definition) is 1. The van der Waals surface area contributed by atoms with Crippen LogP contribution in [-0.2, 0) is 11.8 Å². The summed E-state index contributed by atoms with van der Waals surface area (Å²) in [5, 5.41) is 12.5. The van der Waals surface area contributed by atoms with E-state index < -0.39 is 0 Å². The van der Waals surface area contributed by atoms with E-state index in [9.17, 15) is 4.79 Å². The fourth-order valence-corrected chi connectivity index (χ4v) is 3.07. The number of nitrogens with one attached hydrogen (secondary N) is 1. The third-order valence-corrected chi connectivity index (χ3v) is 5.02. The molecule has 0 radical (unpaired) electrons. The highest BCUT2D eigenvalue weighted by molar-refractivity contribution is 7.99. The topological polar surface area (TPSA) is 72.7 Å². The molecule has 3 aromatic rings. The zero-order valence-corrected chi connectivity index (χ0v) is 15.4. The predicted octanol–water partition coefficient (Wildman–Crippen LogP) is 3.91. The van der Waals surface area contributed by atoms with Gasteiger partial charge in [0.15, 0.2) is 11.0 Å². The third kappa shape index (κ3) is 4.31. The zero-order chi connectivity index (χ0) is 17.8. The summed E-state index contributed by atoms with van der Waals surface area (Å²) in [7, 11) is 1.84. The Bertz CT molecular complexity index is 901. The number of pyridine rings is 1. The van der Waals surface area contributed by atoms with Crippen LogP contribution < -0.4 is 5.32 Å². The fraction of sp³-hybridized carbons (Fsp3) is 0.125. The number of thioether (sulfide) groups is 1. The van der Waals surface area contributed by atoms with Crippen molar-refractivity contribution in [2.24, 2.45) is 7.05 Å². The molecular weight excluding hydrogens is 381 g/mol. The lowest BCUT2D eigenvalue weighted by Crippen LogP contribution is -2.14. The lowest BCUT2D eigenvalue weighted by atomic mass is 10.3. The van der Waals surface area contributed by atoms with Gasteiger partial charge in [-0.2, -0.15) is 0 Å². The Morgan fingerprint density at radius 1 is 1.20 bits per heavy atom. The average molecular weight is 394 g/mol. The van der Waals surface area contributed by atoms with Crippen LogP contribution in [0.25, 0.3) is 11.5 Å². The summed E-state index contributed by atoms with van der Waals surface area (Å²) in [6, 6.07) is 10.5. The van der Waals surface area contributed by atoms with Gasteiger partial charge >= 0.3 is 0 Å². The first-order valence-corrected chi connectivity index (χ1v) is 8.97. The van der Waals surface area contributed by atoms with Gasteiger partial charge in [0, 0.05) is 18.9 Å². The molecule has 0 bridgehead atoms. The van der Waals surface area contributed by atoms with E-state index in [1.165, 1.54) is 11.8 Å². The van der Waals surface area contributed by atoms with E-state index in [1.807, 2.05) is 25.2 Å². The standard InChI is InChI=1S/C16H13Cl2N5OS/c1-23-15(13-4-2-3-7-19-13)21-22-16(23)25-9-14(24)20-10-5-6-11(17)12(18)8-10/h2-8H,9H2,1H3,(H,20,24). The van der Waals surface area contributed by atoms with E-state index in [2.05, 4.69) is 20.5 Å². The van der Waals surface area contributed by atoms with Crippen LogP contribution in [0.5, 0.6) is 0 Å². The van der Waals surface area contributed by atoms with E-state index in [0.717, 1.165) is 5.69 Å². The fourth-order valence-electron chi connectivity index (χ4n) is 2.06. The Morgan fingerprint density at radius 3 is 2.76 bits per heavy atom. The SMILES string of the molecule is Cn1c(SCC(=O)Nc2ccc(Cl)c(Cl)c2)nnc1-c1ccccn1. The number of carbonyl (C=O) groups excluding carboxylic acids is 1. The molecule has 0 aliphatic carbocycles. The van der Waals surface area contributed by atoms with Gasteiger partial charge in [0.2, 0.25) is 5.91 Å². The molecule has 0 atom stereocenters. The van der Waals surface area contributed by atoms with Gasteiger partial charge < -0.3 is 9.88 Å². The molecular formula is C16H13Cl2N5OS. The Kier molecular flexibility index (Phi) is 5.57. The number of halogens is 2. The van der Waals surface area contributed by atoms with Crippen LogP contribution in [0.3, 0.4) is 0 Å². The second kappa shape index (κ2) is 7.86. The van der Waals surface area contributed by atoms with Gasteiger partial charge in [-0.1, -0.05) is 41.0 Å².